The summed E-state index contributed by atoms with van der Waals surface area (Å²) in [6.45, 7) is 0. The summed E-state index contributed by atoms with van der Waals surface area (Å²) in [6.07, 6.45) is 7.99. The van der Waals surface area contributed by atoms with Crippen molar-refractivity contribution in [1.29, 1.82) is 0 Å². The van der Waals surface area contributed by atoms with E-state index in [2.05, 4.69) is 16.2 Å². The van der Waals surface area contributed by atoms with E-state index in [9.17, 15) is 0 Å². The van der Waals surface area contributed by atoms with Crippen molar-refractivity contribution in [2.24, 2.45) is 12.8 Å². The minimum absolute atomic E-state index is 0.359. The van der Waals surface area contributed by atoms with Crippen LogP contribution < -0.4 is 5.73 Å². The summed E-state index contributed by atoms with van der Waals surface area (Å²) in [5.74, 6) is 1.03. The van der Waals surface area contributed by atoms with Crippen LogP contribution in [0.5, 0.6) is 0 Å². The number of hydrogen-bond donors (Lipinski definition) is 1. The molecule has 1 heterocycles. The molecule has 0 aromatic carbocycles. The Morgan fingerprint density at radius 2 is 2.50 bits per heavy atom. The Morgan fingerprint density at radius 1 is 1.64 bits per heavy atom. The van der Waals surface area contributed by atoms with E-state index in [-0.39, 0.29) is 0 Å². The number of allylic oxidation sites excluding steroid dienone is 1. The van der Waals surface area contributed by atoms with E-state index < -0.39 is 0 Å². The number of nitrogens with two attached hydrogens (primary N) is 1. The van der Waals surface area contributed by atoms with Crippen LogP contribution in [0, 0.1) is 0 Å². The Bertz CT molecular complexity index is 340. The lowest BCUT2D eigenvalue weighted by molar-refractivity contribution is 0.577. The SMILES string of the molecule is Cn1ncnc1CC1=CCC(N)CC1. The largest absolute Gasteiger partial charge is 0.327 e. The molecule has 0 aliphatic heterocycles. The Kier molecular flexibility index (Phi) is 2.63. The molecule has 1 aliphatic carbocycles. The van der Waals surface area contributed by atoms with Gasteiger partial charge in [0.1, 0.15) is 12.2 Å². The highest BCUT2D eigenvalue weighted by atomic mass is 15.3. The molecule has 1 aliphatic rings. The second kappa shape index (κ2) is 3.92. The predicted molar refractivity (Wildman–Crippen MR) is 54.6 cm³/mol. The fourth-order valence-electron chi connectivity index (χ4n) is 1.75. The minimum Gasteiger partial charge on any atom is -0.327 e. The topological polar surface area (TPSA) is 56.7 Å². The molecule has 0 amide bonds. The molecule has 14 heavy (non-hydrogen) atoms. The Balaban J connectivity index is 2.02. The second-order valence-electron chi connectivity index (χ2n) is 3.87. The van der Waals surface area contributed by atoms with E-state index in [4.69, 9.17) is 5.73 Å². The van der Waals surface area contributed by atoms with Crippen molar-refractivity contribution >= 4 is 0 Å². The molecule has 1 unspecified atom stereocenters. The molecule has 76 valence electrons. The number of rotatable bonds is 2. The van der Waals surface area contributed by atoms with E-state index in [1.807, 2.05) is 11.7 Å². The van der Waals surface area contributed by atoms with Gasteiger partial charge in [0.15, 0.2) is 0 Å². The van der Waals surface area contributed by atoms with Gasteiger partial charge in [0.25, 0.3) is 0 Å². The average molecular weight is 192 g/mol. The number of hydrogen-bond acceptors (Lipinski definition) is 3. The summed E-state index contributed by atoms with van der Waals surface area (Å²) in [7, 11) is 1.93. The van der Waals surface area contributed by atoms with E-state index in [0.29, 0.717) is 6.04 Å². The summed E-state index contributed by atoms with van der Waals surface area (Å²) >= 11 is 0. The highest BCUT2D eigenvalue weighted by Crippen LogP contribution is 2.19. The van der Waals surface area contributed by atoms with E-state index in [1.54, 1.807) is 6.33 Å². The zero-order valence-corrected chi connectivity index (χ0v) is 8.48. The average Bonchev–Trinajstić information content (AvgIpc) is 2.56. The quantitative estimate of drug-likeness (QED) is 0.705. The van der Waals surface area contributed by atoms with Crippen molar-refractivity contribution in [1.82, 2.24) is 14.8 Å². The molecule has 4 heteroatoms. The standard InChI is InChI=1S/C10H16N4/c1-14-10(12-7-13-14)6-8-2-4-9(11)5-3-8/h2,7,9H,3-6,11H2,1H3. The van der Waals surface area contributed by atoms with Crippen molar-refractivity contribution in [3.05, 3.63) is 23.8 Å². The van der Waals surface area contributed by atoms with Crippen LogP contribution in [-0.2, 0) is 13.5 Å². The van der Waals surface area contributed by atoms with Gasteiger partial charge in [0.2, 0.25) is 0 Å². The van der Waals surface area contributed by atoms with Crippen LogP contribution >= 0.6 is 0 Å². The fourth-order valence-corrected chi connectivity index (χ4v) is 1.75. The van der Waals surface area contributed by atoms with Crippen LogP contribution in [-0.4, -0.2) is 20.8 Å². The third-order valence-electron chi connectivity index (χ3n) is 2.74. The van der Waals surface area contributed by atoms with Gasteiger partial charge in [-0.1, -0.05) is 11.6 Å². The van der Waals surface area contributed by atoms with Crippen molar-refractivity contribution < 1.29 is 0 Å². The van der Waals surface area contributed by atoms with Crippen molar-refractivity contribution in [3.8, 4) is 0 Å². The lowest BCUT2D eigenvalue weighted by atomic mass is 9.94. The van der Waals surface area contributed by atoms with Gasteiger partial charge in [-0.15, -0.1) is 0 Å². The maximum atomic E-state index is 5.82. The molecule has 1 aromatic rings. The van der Waals surface area contributed by atoms with Gasteiger partial charge in [-0.2, -0.15) is 5.10 Å². The van der Waals surface area contributed by atoms with Gasteiger partial charge in [-0.05, 0) is 19.3 Å². The summed E-state index contributed by atoms with van der Waals surface area (Å²) in [6, 6.07) is 0.359. The molecule has 4 nitrogen and oxygen atoms in total. The van der Waals surface area contributed by atoms with E-state index >= 15 is 0 Å². The number of nitrogens with zero attached hydrogens (tertiary/aromatic N) is 3. The third kappa shape index (κ3) is 2.01. The Morgan fingerprint density at radius 3 is 3.07 bits per heavy atom. The lowest BCUT2D eigenvalue weighted by Gasteiger charge is -2.17. The van der Waals surface area contributed by atoms with Crippen LogP contribution in [0.1, 0.15) is 25.1 Å². The van der Waals surface area contributed by atoms with Crippen LogP contribution in [0.15, 0.2) is 18.0 Å². The highest BCUT2D eigenvalue weighted by Gasteiger charge is 2.12. The first-order valence-corrected chi connectivity index (χ1v) is 5.02. The van der Waals surface area contributed by atoms with Crippen molar-refractivity contribution in [2.45, 2.75) is 31.7 Å². The number of aromatic nitrogens is 3. The van der Waals surface area contributed by atoms with Crippen molar-refractivity contribution in [3.63, 3.8) is 0 Å². The first-order chi connectivity index (χ1) is 6.75. The van der Waals surface area contributed by atoms with Gasteiger partial charge >= 0.3 is 0 Å². The normalized spacial score (nSPS) is 22.1. The lowest BCUT2D eigenvalue weighted by Crippen LogP contribution is -2.22. The van der Waals surface area contributed by atoms with Gasteiger partial charge in [0.05, 0.1) is 0 Å². The first kappa shape index (κ1) is 9.40. The second-order valence-corrected chi connectivity index (χ2v) is 3.87. The zero-order valence-electron chi connectivity index (χ0n) is 8.48. The molecule has 0 bridgehead atoms. The Labute approximate surface area is 83.8 Å². The molecule has 0 radical (unpaired) electrons. The molecule has 1 atom stereocenters. The third-order valence-corrected chi connectivity index (χ3v) is 2.74. The fraction of sp³-hybridized carbons (Fsp3) is 0.600. The van der Waals surface area contributed by atoms with Gasteiger partial charge in [0, 0.05) is 19.5 Å². The molecule has 0 spiro atoms. The van der Waals surface area contributed by atoms with Crippen LogP contribution in [0.4, 0.5) is 0 Å². The maximum absolute atomic E-state index is 5.82. The summed E-state index contributed by atoms with van der Waals surface area (Å²) in [5.41, 5.74) is 7.27. The summed E-state index contributed by atoms with van der Waals surface area (Å²) < 4.78 is 1.83. The monoisotopic (exact) mass is 192 g/mol. The van der Waals surface area contributed by atoms with Gasteiger partial charge in [-0.3, -0.25) is 4.68 Å². The van der Waals surface area contributed by atoms with Crippen molar-refractivity contribution in [2.75, 3.05) is 0 Å². The highest BCUT2D eigenvalue weighted by molar-refractivity contribution is 5.12. The summed E-state index contributed by atoms with van der Waals surface area (Å²) in [4.78, 5) is 4.21. The minimum atomic E-state index is 0.359. The van der Waals surface area contributed by atoms with Crippen LogP contribution in [0.2, 0.25) is 0 Å². The molecule has 0 fully saturated rings. The molecule has 2 N–H and O–H groups in total. The molecule has 0 saturated heterocycles. The maximum Gasteiger partial charge on any atom is 0.138 e. The zero-order chi connectivity index (χ0) is 9.97. The smallest absolute Gasteiger partial charge is 0.138 e. The van der Waals surface area contributed by atoms with Gasteiger partial charge < -0.3 is 5.73 Å². The molecule has 1 aromatic heterocycles. The molecular weight excluding hydrogens is 176 g/mol. The predicted octanol–water partition coefficient (Wildman–Crippen LogP) is 0.795. The molecule has 0 saturated carbocycles. The molecular formula is C10H16N4. The van der Waals surface area contributed by atoms with Crippen LogP contribution in [0.3, 0.4) is 0 Å². The van der Waals surface area contributed by atoms with Crippen LogP contribution in [0.25, 0.3) is 0 Å². The van der Waals surface area contributed by atoms with Gasteiger partial charge in [-0.25, -0.2) is 4.98 Å². The van der Waals surface area contributed by atoms with E-state index in [1.165, 1.54) is 5.57 Å². The molecule has 2 rings (SSSR count). The first-order valence-electron chi connectivity index (χ1n) is 5.02. The number of aryl methyl sites for hydroxylation is 1. The summed E-state index contributed by atoms with van der Waals surface area (Å²) in [5, 5.41) is 4.05. The van der Waals surface area contributed by atoms with E-state index in [0.717, 1.165) is 31.5 Å². The Hall–Kier alpha value is -1.16.